The predicted molar refractivity (Wildman–Crippen MR) is 180 cm³/mol. The quantitative estimate of drug-likeness (QED) is 0.224. The van der Waals surface area contributed by atoms with Crippen molar-refractivity contribution in [1.82, 2.24) is 9.97 Å². The number of hydrogen-bond acceptors (Lipinski definition) is 4. The van der Waals surface area contributed by atoms with Crippen LogP contribution in [-0.2, 0) is 0 Å². The fourth-order valence-corrected chi connectivity index (χ4v) is 6.34. The molecule has 2 aliphatic heterocycles. The maximum atomic E-state index is 4.84. The van der Waals surface area contributed by atoms with E-state index in [1.54, 1.807) is 12.4 Å². The summed E-state index contributed by atoms with van der Waals surface area (Å²) in [6, 6.07) is 41.8. The number of hydrogen-bond donors (Lipinski definition) is 2. The van der Waals surface area contributed by atoms with Crippen molar-refractivity contribution in [2.75, 3.05) is 10.6 Å². The van der Waals surface area contributed by atoms with Gasteiger partial charge in [-0.25, -0.2) is 20.0 Å². The molecule has 0 saturated carbocycles. The van der Waals surface area contributed by atoms with Gasteiger partial charge in [-0.2, -0.15) is 0 Å². The first-order valence-electron chi connectivity index (χ1n) is 14.6. The Morgan fingerprint density at radius 1 is 0.409 bits per heavy atom. The second kappa shape index (κ2) is 9.71. The zero-order chi connectivity index (χ0) is 29.0. The summed E-state index contributed by atoms with van der Waals surface area (Å²) in [6.45, 7) is 0. The molecule has 0 spiro atoms. The molecule has 7 aromatic rings. The zero-order valence-electron chi connectivity index (χ0n) is 23.5. The summed E-state index contributed by atoms with van der Waals surface area (Å²) in [6.07, 6.45) is 3.53. The first-order valence-corrected chi connectivity index (χ1v) is 14.6. The topological polar surface area (TPSA) is 74.6 Å². The molecule has 9 rings (SSSR count). The van der Waals surface area contributed by atoms with Crippen LogP contribution < -0.4 is 10.6 Å². The van der Waals surface area contributed by atoms with Crippen LogP contribution in [0.1, 0.15) is 11.1 Å². The van der Waals surface area contributed by atoms with E-state index in [-0.39, 0.29) is 0 Å². The van der Waals surface area contributed by atoms with Gasteiger partial charge in [-0.15, -0.1) is 0 Å². The molecule has 206 valence electrons. The molecule has 4 heterocycles. The molecule has 6 nitrogen and oxygen atoms in total. The van der Waals surface area contributed by atoms with Crippen molar-refractivity contribution in [2.24, 2.45) is 9.98 Å². The van der Waals surface area contributed by atoms with Crippen LogP contribution >= 0.6 is 0 Å². The fraction of sp³-hybridized carbons (Fsp3) is 0. The van der Waals surface area contributed by atoms with Gasteiger partial charge < -0.3 is 10.6 Å². The number of rotatable bonds is 4. The van der Waals surface area contributed by atoms with Gasteiger partial charge >= 0.3 is 0 Å². The summed E-state index contributed by atoms with van der Waals surface area (Å²) < 4.78 is 0. The molecule has 0 atom stereocenters. The van der Waals surface area contributed by atoms with E-state index in [1.807, 2.05) is 36.4 Å². The number of nitrogens with zero attached hydrogens (tertiary/aromatic N) is 4. The highest BCUT2D eigenvalue weighted by molar-refractivity contribution is 6.30. The van der Waals surface area contributed by atoms with E-state index in [9.17, 15) is 0 Å². The molecule has 0 aliphatic carbocycles. The molecular formula is C38H24N6. The van der Waals surface area contributed by atoms with Crippen LogP contribution in [-0.4, -0.2) is 21.6 Å². The van der Waals surface area contributed by atoms with Gasteiger partial charge in [-0.05, 0) is 46.2 Å². The van der Waals surface area contributed by atoms with Crippen LogP contribution in [0.15, 0.2) is 144 Å². The lowest BCUT2D eigenvalue weighted by Gasteiger charge is -2.12. The van der Waals surface area contributed by atoms with E-state index >= 15 is 0 Å². The second-order valence-corrected chi connectivity index (χ2v) is 10.9. The van der Waals surface area contributed by atoms with Crippen LogP contribution in [0.3, 0.4) is 0 Å². The van der Waals surface area contributed by atoms with Gasteiger partial charge in [-0.3, -0.25) is 0 Å². The standard InChI is InChI=1S/C38H24N6/c1-3-21-39-31(11-1)41-37-29-9-5-7-25-17-19-27(35(43-37)33(25)29)23-13-15-24(16-14-23)28-20-18-26-8-6-10-30-34(26)36(28)44-38(30)42-32-12-2-4-22-40-32/h1-22H,(H,39,41,43)(H,40,42,44). The van der Waals surface area contributed by atoms with Crippen LogP contribution in [0.25, 0.3) is 43.8 Å². The lowest BCUT2D eigenvalue weighted by Crippen LogP contribution is -2.07. The lowest BCUT2D eigenvalue weighted by molar-refractivity contribution is 1.27. The van der Waals surface area contributed by atoms with E-state index in [2.05, 4.69) is 106 Å². The van der Waals surface area contributed by atoms with E-state index in [0.29, 0.717) is 11.6 Å². The minimum Gasteiger partial charge on any atom is -0.339 e. The largest absolute Gasteiger partial charge is 0.339 e. The van der Waals surface area contributed by atoms with Crippen LogP contribution in [0.4, 0.5) is 23.0 Å². The number of aromatic nitrogens is 2. The van der Waals surface area contributed by atoms with Crippen molar-refractivity contribution in [3.05, 3.63) is 145 Å². The molecule has 0 radical (unpaired) electrons. The Morgan fingerprint density at radius 2 is 0.886 bits per heavy atom. The first kappa shape index (κ1) is 24.5. The molecule has 0 amide bonds. The molecule has 6 heteroatoms. The number of pyridine rings is 2. The minimum atomic E-state index is 0.680. The third kappa shape index (κ3) is 3.89. The van der Waals surface area contributed by atoms with E-state index in [1.165, 1.54) is 21.5 Å². The Bertz CT molecular complexity index is 2140. The summed E-state index contributed by atoms with van der Waals surface area (Å²) in [5.74, 6) is 2.99. The molecular weight excluding hydrogens is 540 g/mol. The number of amidine groups is 2. The molecule has 2 aliphatic rings. The predicted octanol–water partition coefficient (Wildman–Crippen LogP) is 9.12. The van der Waals surface area contributed by atoms with Crippen molar-refractivity contribution in [2.45, 2.75) is 0 Å². The summed E-state index contributed by atoms with van der Waals surface area (Å²) in [5.41, 5.74) is 8.87. The van der Waals surface area contributed by atoms with Gasteiger partial charge in [0.05, 0.1) is 11.4 Å². The third-order valence-electron chi connectivity index (χ3n) is 8.35. The van der Waals surface area contributed by atoms with Crippen molar-refractivity contribution < 1.29 is 0 Å². The highest BCUT2D eigenvalue weighted by Gasteiger charge is 2.25. The van der Waals surface area contributed by atoms with E-state index in [4.69, 9.17) is 9.98 Å². The second-order valence-electron chi connectivity index (χ2n) is 10.9. The molecule has 5 aromatic carbocycles. The summed E-state index contributed by atoms with van der Waals surface area (Å²) >= 11 is 0. The highest BCUT2D eigenvalue weighted by Crippen LogP contribution is 2.44. The molecule has 0 saturated heterocycles. The van der Waals surface area contributed by atoms with Gasteiger partial charge in [0, 0.05) is 45.4 Å². The maximum absolute atomic E-state index is 4.84. The molecule has 2 aromatic heterocycles. The average molecular weight is 565 g/mol. The molecule has 0 unspecified atom stereocenters. The Labute approximate surface area is 253 Å². The number of anilines is 2. The summed E-state index contributed by atoms with van der Waals surface area (Å²) in [4.78, 5) is 18.5. The van der Waals surface area contributed by atoms with Crippen molar-refractivity contribution >= 4 is 56.2 Å². The smallest absolute Gasteiger partial charge is 0.154 e. The molecule has 44 heavy (non-hydrogen) atoms. The summed E-state index contributed by atoms with van der Waals surface area (Å²) in [7, 11) is 0. The zero-order valence-corrected chi connectivity index (χ0v) is 23.5. The monoisotopic (exact) mass is 564 g/mol. The fourth-order valence-electron chi connectivity index (χ4n) is 6.34. The van der Waals surface area contributed by atoms with Gasteiger partial charge in [0.25, 0.3) is 0 Å². The third-order valence-corrected chi connectivity index (χ3v) is 8.35. The number of benzene rings is 5. The number of nitrogens with one attached hydrogen (secondary N) is 2. The van der Waals surface area contributed by atoms with Crippen LogP contribution in [0.2, 0.25) is 0 Å². The SMILES string of the molecule is c1ccc(N=C2Nc3c(-c4ccc(-c5ccc6cccc7c6c5NC7=Nc5ccccn5)cc4)ccc4cccc2c34)nc1. The Hall–Kier alpha value is -6.14. The van der Waals surface area contributed by atoms with Gasteiger partial charge in [0.15, 0.2) is 11.6 Å². The highest BCUT2D eigenvalue weighted by atomic mass is 15.1. The minimum absolute atomic E-state index is 0.680. The lowest BCUT2D eigenvalue weighted by atomic mass is 9.94. The van der Waals surface area contributed by atoms with E-state index < -0.39 is 0 Å². The maximum Gasteiger partial charge on any atom is 0.154 e. The van der Waals surface area contributed by atoms with Crippen LogP contribution in [0, 0.1) is 0 Å². The first-order chi connectivity index (χ1) is 21.8. The van der Waals surface area contributed by atoms with E-state index in [0.717, 1.165) is 56.4 Å². The van der Waals surface area contributed by atoms with Gasteiger partial charge in [0.2, 0.25) is 0 Å². The summed E-state index contributed by atoms with van der Waals surface area (Å²) in [5, 5.41) is 12.0. The normalized spacial score (nSPS) is 14.8. The Morgan fingerprint density at radius 3 is 1.32 bits per heavy atom. The van der Waals surface area contributed by atoms with Crippen LogP contribution in [0.5, 0.6) is 0 Å². The van der Waals surface area contributed by atoms with Gasteiger partial charge in [0.1, 0.15) is 11.7 Å². The molecule has 0 bridgehead atoms. The van der Waals surface area contributed by atoms with Crippen molar-refractivity contribution in [3.8, 4) is 22.3 Å². The average Bonchev–Trinajstić information content (AvgIpc) is 3.63. The Balaban J connectivity index is 1.11. The molecule has 0 fully saturated rings. The van der Waals surface area contributed by atoms with Gasteiger partial charge in [-0.1, -0.05) is 97.1 Å². The number of aliphatic imine (C=N–C) groups is 2. The Kier molecular flexibility index (Phi) is 5.40. The van der Waals surface area contributed by atoms with Crippen molar-refractivity contribution in [1.29, 1.82) is 0 Å². The molecule has 2 N–H and O–H groups in total. The van der Waals surface area contributed by atoms with Crippen molar-refractivity contribution in [3.63, 3.8) is 0 Å².